The van der Waals surface area contributed by atoms with Crippen LogP contribution in [0.25, 0.3) is 0 Å². The van der Waals surface area contributed by atoms with Crippen molar-refractivity contribution in [1.29, 1.82) is 0 Å². The average Bonchev–Trinajstić information content (AvgIpc) is 2.49. The lowest BCUT2D eigenvalue weighted by molar-refractivity contribution is -0.655. The third kappa shape index (κ3) is 1.65. The van der Waals surface area contributed by atoms with E-state index in [1.165, 1.54) is 11.9 Å². The molecular weight excluding hydrogens is 232 g/mol. The van der Waals surface area contributed by atoms with Crippen LogP contribution in [0, 0.1) is 5.21 Å². The third-order valence-electron chi connectivity index (χ3n) is 2.03. The smallest absolute Gasteiger partial charge is 0.194 e. The van der Waals surface area contributed by atoms with Gasteiger partial charge in [0, 0.05) is 11.4 Å². The summed E-state index contributed by atoms with van der Waals surface area (Å²) in [6, 6.07) is 5.83. The lowest BCUT2D eigenvalue weighted by Gasteiger charge is -2.11. The van der Waals surface area contributed by atoms with Crippen molar-refractivity contribution in [3.8, 4) is 0 Å². The van der Waals surface area contributed by atoms with E-state index in [9.17, 15) is 5.21 Å². The molecule has 0 amide bonds. The molecule has 4 heteroatoms. The van der Waals surface area contributed by atoms with Gasteiger partial charge in [-0.2, -0.15) is 4.99 Å². The predicted octanol–water partition coefficient (Wildman–Crippen LogP) is 1.31. The molecule has 0 saturated heterocycles. The molecule has 1 N–H and O–H groups in total. The molecule has 1 aromatic carbocycles. The van der Waals surface area contributed by atoms with E-state index >= 15 is 0 Å². The quantitative estimate of drug-likeness (QED) is 0.615. The van der Waals surface area contributed by atoms with Crippen molar-refractivity contribution in [2.75, 3.05) is 5.33 Å². The number of halogens is 1. The van der Waals surface area contributed by atoms with Gasteiger partial charge in [-0.05, 0) is 18.1 Å². The zero-order valence-corrected chi connectivity index (χ0v) is 8.54. The molecule has 68 valence electrons. The molecule has 13 heavy (non-hydrogen) atoms. The van der Waals surface area contributed by atoms with Gasteiger partial charge in [-0.25, -0.2) is 0 Å². The first-order valence-corrected chi connectivity index (χ1v) is 5.20. The fourth-order valence-electron chi connectivity index (χ4n) is 1.36. The van der Waals surface area contributed by atoms with Gasteiger partial charge in [-0.1, -0.05) is 22.0 Å². The van der Waals surface area contributed by atoms with Crippen molar-refractivity contribution in [1.82, 2.24) is 0 Å². The highest BCUT2D eigenvalue weighted by Gasteiger charge is 2.14. The van der Waals surface area contributed by atoms with Crippen LogP contribution in [0.1, 0.15) is 5.56 Å². The van der Waals surface area contributed by atoms with Crippen molar-refractivity contribution in [2.45, 2.75) is 6.42 Å². The molecule has 1 aliphatic heterocycles. The zero-order chi connectivity index (χ0) is 9.26. The molecule has 0 fully saturated rings. The standard InChI is InChI=1S/C9H9BrN2O/c10-4-3-7-1-2-8-9(5-7)12(13)6-11-8/h1-2,5-6,12H,3-4H2. The Morgan fingerprint density at radius 1 is 1.46 bits per heavy atom. The van der Waals surface area contributed by atoms with Gasteiger partial charge in [-0.3, -0.25) is 5.06 Å². The van der Waals surface area contributed by atoms with E-state index in [2.05, 4.69) is 20.9 Å². The number of nitrogens with zero attached hydrogens (tertiary/aromatic N) is 1. The number of aryl methyl sites for hydroxylation is 1. The number of nitrogens with one attached hydrogen (secondary N) is 1. The summed E-state index contributed by atoms with van der Waals surface area (Å²) in [5, 5.41) is 12.2. The van der Waals surface area contributed by atoms with E-state index in [1.807, 2.05) is 18.2 Å². The largest absolute Gasteiger partial charge is 0.623 e. The molecule has 0 radical (unpaired) electrons. The fourth-order valence-corrected chi connectivity index (χ4v) is 1.81. The van der Waals surface area contributed by atoms with Crippen molar-refractivity contribution in [3.63, 3.8) is 0 Å². The van der Waals surface area contributed by atoms with E-state index in [0.29, 0.717) is 0 Å². The Labute approximate surface area is 84.8 Å². The monoisotopic (exact) mass is 240 g/mol. The normalized spacial score (nSPS) is 19.1. The van der Waals surface area contributed by atoms with E-state index in [0.717, 1.165) is 23.1 Å². The number of quaternary nitrogens is 1. The summed E-state index contributed by atoms with van der Waals surface area (Å²) >= 11 is 3.37. The number of benzene rings is 1. The second-order valence-electron chi connectivity index (χ2n) is 2.91. The number of hydrogen-bond acceptors (Lipinski definition) is 2. The van der Waals surface area contributed by atoms with Gasteiger partial charge in [0.25, 0.3) is 0 Å². The Morgan fingerprint density at radius 2 is 2.31 bits per heavy atom. The second kappa shape index (κ2) is 3.57. The Morgan fingerprint density at radius 3 is 3.08 bits per heavy atom. The predicted molar refractivity (Wildman–Crippen MR) is 56.1 cm³/mol. The molecule has 1 atom stereocenters. The molecule has 0 aromatic heterocycles. The molecule has 1 heterocycles. The van der Waals surface area contributed by atoms with Crippen LogP contribution in [0.5, 0.6) is 0 Å². The molecule has 3 nitrogen and oxygen atoms in total. The van der Waals surface area contributed by atoms with Crippen LogP contribution in [0.3, 0.4) is 0 Å². The van der Waals surface area contributed by atoms with Gasteiger partial charge >= 0.3 is 0 Å². The lowest BCUT2D eigenvalue weighted by atomic mass is 10.1. The molecule has 0 spiro atoms. The summed E-state index contributed by atoms with van der Waals surface area (Å²) in [6.45, 7) is 0. The van der Waals surface area contributed by atoms with Gasteiger partial charge < -0.3 is 5.21 Å². The van der Waals surface area contributed by atoms with Gasteiger partial charge in [0.1, 0.15) is 5.69 Å². The van der Waals surface area contributed by atoms with Gasteiger partial charge in [-0.15, -0.1) is 0 Å². The van der Waals surface area contributed by atoms with Crippen molar-refractivity contribution >= 4 is 33.6 Å². The van der Waals surface area contributed by atoms with E-state index in [4.69, 9.17) is 0 Å². The Kier molecular flexibility index (Phi) is 2.44. The summed E-state index contributed by atoms with van der Waals surface area (Å²) in [5.74, 6) is 0. The Bertz CT molecular complexity index is 351. The van der Waals surface area contributed by atoms with Crippen molar-refractivity contribution < 1.29 is 5.06 Å². The number of alkyl halides is 1. The SMILES string of the molecule is [O-][NH+]1C=Nc2ccc(CCBr)cc21. The van der Waals surface area contributed by atoms with Gasteiger partial charge in [0.2, 0.25) is 0 Å². The fraction of sp³-hybridized carbons (Fsp3) is 0.222. The van der Waals surface area contributed by atoms with E-state index in [-0.39, 0.29) is 5.06 Å². The summed E-state index contributed by atoms with van der Waals surface area (Å²) < 4.78 is 0. The maximum Gasteiger partial charge on any atom is 0.194 e. The topological polar surface area (TPSA) is 39.9 Å². The minimum absolute atomic E-state index is 0.0198. The molecular formula is C9H9BrN2O. The molecule has 0 aliphatic carbocycles. The highest BCUT2D eigenvalue weighted by molar-refractivity contribution is 9.09. The summed E-state index contributed by atoms with van der Waals surface area (Å²) in [4.78, 5) is 4.00. The summed E-state index contributed by atoms with van der Waals surface area (Å²) in [7, 11) is 0. The van der Waals surface area contributed by atoms with Crippen molar-refractivity contribution in [2.24, 2.45) is 4.99 Å². The van der Waals surface area contributed by atoms with Crippen LogP contribution in [-0.4, -0.2) is 11.7 Å². The first kappa shape index (κ1) is 8.87. The van der Waals surface area contributed by atoms with Crippen LogP contribution in [0.4, 0.5) is 11.4 Å². The zero-order valence-electron chi connectivity index (χ0n) is 6.96. The van der Waals surface area contributed by atoms with Gasteiger partial charge in [0.05, 0.1) is 0 Å². The molecule has 1 unspecified atom stereocenters. The molecule has 0 saturated carbocycles. The highest BCUT2D eigenvalue weighted by atomic mass is 79.9. The number of hydrogen-bond donors (Lipinski definition) is 1. The Balaban J connectivity index is 2.34. The number of rotatable bonds is 2. The van der Waals surface area contributed by atoms with Crippen LogP contribution in [0.2, 0.25) is 0 Å². The molecule has 2 rings (SSSR count). The van der Waals surface area contributed by atoms with Crippen LogP contribution >= 0.6 is 15.9 Å². The van der Waals surface area contributed by atoms with Crippen LogP contribution < -0.4 is 5.06 Å². The minimum Gasteiger partial charge on any atom is -0.623 e. The van der Waals surface area contributed by atoms with E-state index < -0.39 is 0 Å². The maximum absolute atomic E-state index is 11.3. The first-order valence-electron chi connectivity index (χ1n) is 4.08. The highest BCUT2D eigenvalue weighted by Crippen LogP contribution is 2.25. The second-order valence-corrected chi connectivity index (χ2v) is 3.71. The van der Waals surface area contributed by atoms with Crippen LogP contribution in [-0.2, 0) is 6.42 Å². The number of fused-ring (bicyclic) bond motifs is 1. The van der Waals surface area contributed by atoms with Crippen molar-refractivity contribution in [3.05, 3.63) is 29.0 Å². The van der Waals surface area contributed by atoms with Crippen LogP contribution in [0.15, 0.2) is 23.2 Å². The minimum atomic E-state index is 0.0198. The van der Waals surface area contributed by atoms with E-state index in [1.54, 1.807) is 0 Å². The number of hydroxylamine groups is 1. The maximum atomic E-state index is 11.3. The first-order chi connectivity index (χ1) is 6.31. The molecule has 0 bridgehead atoms. The lowest BCUT2D eigenvalue weighted by Crippen LogP contribution is -2.99. The number of aliphatic imine (C=N–C) groups is 1. The Hall–Kier alpha value is -0.710. The molecule has 1 aliphatic rings. The average molecular weight is 241 g/mol. The molecule has 1 aromatic rings. The van der Waals surface area contributed by atoms with Gasteiger partial charge in [0.15, 0.2) is 12.0 Å². The third-order valence-corrected chi connectivity index (χ3v) is 2.43. The summed E-state index contributed by atoms with van der Waals surface area (Å²) in [5.41, 5.74) is 2.70. The summed E-state index contributed by atoms with van der Waals surface area (Å²) in [6.07, 6.45) is 2.32.